The highest BCUT2D eigenvalue weighted by atomic mass is 32.2. The van der Waals surface area contributed by atoms with Crippen LogP contribution in [0.15, 0.2) is 36.9 Å². The van der Waals surface area contributed by atoms with Crippen molar-refractivity contribution in [1.82, 2.24) is 30.1 Å². The monoisotopic (exact) mass is 752 g/mol. The molecule has 15 heteroatoms. The Morgan fingerprint density at radius 3 is 2.51 bits per heavy atom. The number of fused-ring (bicyclic) bond motifs is 3. The molecule has 5 atom stereocenters. The minimum Gasteiger partial charge on any atom is -0.444 e. The molecule has 1 saturated heterocycles. The van der Waals surface area contributed by atoms with E-state index in [9.17, 15) is 32.4 Å². The number of sulfonamides is 1. The lowest BCUT2D eigenvalue weighted by Gasteiger charge is -2.37. The van der Waals surface area contributed by atoms with Gasteiger partial charge in [0, 0.05) is 31.5 Å². The van der Waals surface area contributed by atoms with Crippen LogP contribution in [-0.2, 0) is 42.2 Å². The van der Waals surface area contributed by atoms with Crippen LogP contribution >= 0.6 is 0 Å². The van der Waals surface area contributed by atoms with E-state index < -0.39 is 80.2 Å². The van der Waals surface area contributed by atoms with Crippen molar-refractivity contribution in [2.45, 2.75) is 121 Å². The van der Waals surface area contributed by atoms with Crippen LogP contribution in [0.4, 0.5) is 9.59 Å². The first kappa shape index (κ1) is 38.3. The Balaban J connectivity index is 1.31. The number of carbonyl (C=O) groups is 5. The molecule has 2 aliphatic carbocycles. The van der Waals surface area contributed by atoms with E-state index in [4.69, 9.17) is 4.74 Å². The number of nitrogens with zero attached hydrogens (tertiary/aromatic N) is 3. The van der Waals surface area contributed by atoms with Gasteiger partial charge in [0.2, 0.25) is 21.8 Å². The number of hydrogen-bond acceptors (Lipinski definition) is 8. The first-order valence-electron chi connectivity index (χ1n) is 18.6. The third-order valence-electron chi connectivity index (χ3n) is 11.0. The van der Waals surface area contributed by atoms with Gasteiger partial charge >= 0.3 is 12.1 Å². The molecular weight excluding hydrogens is 701 g/mol. The van der Waals surface area contributed by atoms with E-state index in [-0.39, 0.29) is 25.4 Å². The van der Waals surface area contributed by atoms with Gasteiger partial charge in [-0.3, -0.25) is 24.0 Å². The maximum absolute atomic E-state index is 14.6. The highest BCUT2D eigenvalue weighted by Gasteiger charge is 2.62. The number of carbonyl (C=O) groups excluding carboxylic acids is 5. The Kier molecular flexibility index (Phi) is 10.4. The smallest absolute Gasteiger partial charge is 0.410 e. The average molecular weight is 753 g/mol. The van der Waals surface area contributed by atoms with Crippen LogP contribution in [0.3, 0.4) is 0 Å². The highest BCUT2D eigenvalue weighted by molar-refractivity contribution is 7.91. The van der Waals surface area contributed by atoms with Crippen LogP contribution in [0, 0.1) is 11.3 Å². The minimum absolute atomic E-state index is 0.0716. The van der Waals surface area contributed by atoms with Crippen LogP contribution in [0.5, 0.6) is 0 Å². The molecule has 0 spiro atoms. The van der Waals surface area contributed by atoms with Gasteiger partial charge in [-0.2, -0.15) is 0 Å². The normalized spacial score (nSPS) is 28.7. The number of amides is 6. The zero-order valence-electron chi connectivity index (χ0n) is 31.2. The summed E-state index contributed by atoms with van der Waals surface area (Å²) in [6.45, 7) is 14.0. The molecule has 3 aliphatic heterocycles. The third kappa shape index (κ3) is 7.95. The number of urea groups is 1. The lowest BCUT2D eigenvalue weighted by molar-refractivity contribution is -0.142. The van der Waals surface area contributed by atoms with E-state index in [0.29, 0.717) is 45.3 Å². The number of ether oxygens (including phenoxy) is 1. The zero-order chi connectivity index (χ0) is 38.5. The van der Waals surface area contributed by atoms with E-state index >= 15 is 0 Å². The number of benzene rings is 1. The van der Waals surface area contributed by atoms with Gasteiger partial charge in [0.05, 0.1) is 18.3 Å². The number of rotatable bonds is 7. The lowest BCUT2D eigenvalue weighted by atomic mass is 9.85. The molecule has 4 bridgehead atoms. The molecule has 1 aromatic rings. The summed E-state index contributed by atoms with van der Waals surface area (Å²) in [7, 11) is -3.91. The predicted octanol–water partition coefficient (Wildman–Crippen LogP) is 3.42. The fourth-order valence-electron chi connectivity index (χ4n) is 7.55. The summed E-state index contributed by atoms with van der Waals surface area (Å²) in [6.07, 6.45) is 6.48. The Morgan fingerprint density at radius 2 is 1.87 bits per heavy atom. The summed E-state index contributed by atoms with van der Waals surface area (Å²) in [5.41, 5.74) is 0.648. The second-order valence-corrected chi connectivity index (χ2v) is 18.3. The highest BCUT2D eigenvalue weighted by Crippen LogP contribution is 2.45. The van der Waals surface area contributed by atoms with Gasteiger partial charge in [-0.05, 0) is 68.1 Å². The maximum atomic E-state index is 14.6. The number of allylic oxidation sites excluding steroid dienone is 1. The summed E-state index contributed by atoms with van der Waals surface area (Å²) in [5, 5.41) is 5.08. The molecule has 14 nitrogen and oxygen atoms in total. The largest absolute Gasteiger partial charge is 0.444 e. The zero-order valence-corrected chi connectivity index (χ0v) is 32.0. The molecule has 3 heterocycles. The van der Waals surface area contributed by atoms with E-state index in [0.717, 1.165) is 16.7 Å². The SMILES string of the molecule is C=C[C@H]1C[C@]1(NC(=O)[C@@H]1C[C@@H]2CN1C(=O)[C@H](C(C)(C)C)NC(=O)N(C(C)C)CCC/C=C/c1cccc3c1CN(C3)C(=O)O2)C(=O)NS(=O)(=O)C1CC1. The summed E-state index contributed by atoms with van der Waals surface area (Å²) >= 11 is 0. The maximum Gasteiger partial charge on any atom is 0.410 e. The second kappa shape index (κ2) is 14.4. The summed E-state index contributed by atoms with van der Waals surface area (Å²) < 4.78 is 33.5. The Morgan fingerprint density at radius 1 is 1.13 bits per heavy atom. The lowest BCUT2D eigenvalue weighted by Crippen LogP contribution is -2.61. The van der Waals surface area contributed by atoms with Gasteiger partial charge in [0.1, 0.15) is 23.7 Å². The first-order chi connectivity index (χ1) is 24.9. The van der Waals surface area contributed by atoms with Crippen molar-refractivity contribution in [3.05, 3.63) is 53.6 Å². The summed E-state index contributed by atoms with van der Waals surface area (Å²) in [5.74, 6) is -2.63. The number of hydrogen-bond donors (Lipinski definition) is 3. The van der Waals surface area contributed by atoms with Crippen molar-refractivity contribution < 1.29 is 37.1 Å². The van der Waals surface area contributed by atoms with E-state index in [2.05, 4.69) is 28.0 Å². The molecule has 3 N–H and O–H groups in total. The molecular formula is C38H52N6O8S. The average Bonchev–Trinajstić information content (AvgIpc) is 3.97. The molecule has 288 valence electrons. The molecule has 6 rings (SSSR count). The van der Waals surface area contributed by atoms with Crippen LogP contribution in [0.2, 0.25) is 0 Å². The molecule has 2 saturated carbocycles. The van der Waals surface area contributed by atoms with Gasteiger partial charge in [-0.15, -0.1) is 6.58 Å². The van der Waals surface area contributed by atoms with Crippen LogP contribution in [0.25, 0.3) is 6.08 Å². The van der Waals surface area contributed by atoms with Crippen molar-refractivity contribution in [3.8, 4) is 0 Å². The van der Waals surface area contributed by atoms with E-state index in [1.807, 2.05) is 58.9 Å². The predicted molar refractivity (Wildman–Crippen MR) is 197 cm³/mol. The van der Waals surface area contributed by atoms with Crippen LogP contribution < -0.4 is 15.4 Å². The quantitative estimate of drug-likeness (QED) is 0.356. The summed E-state index contributed by atoms with van der Waals surface area (Å²) in [4.78, 5) is 74.4. The molecule has 0 aromatic heterocycles. The fourth-order valence-corrected chi connectivity index (χ4v) is 8.91. The second-order valence-electron chi connectivity index (χ2n) is 16.4. The standard InChI is InChI=1S/C38H52N6O8S/c1-7-26-19-38(26,34(47)41-53(50,51)28-15-16-28)40-32(45)30-18-27-21-44(30)33(46)31(37(4,5)6)39-35(48)43(23(2)3)17-10-8-9-12-24-13-11-14-25-20-42(22-29(24)25)36(49)52-27/h7,9,11-14,23,26-28,30-31H,1,8,10,15-22H2,2-6H3,(H,39,48)(H,40,45)(H,41,47)/b12-9+/t26-,27+,30-,31+,38+/m0/s1. The van der Waals surface area contributed by atoms with Crippen molar-refractivity contribution in [1.29, 1.82) is 0 Å². The van der Waals surface area contributed by atoms with E-state index in [1.165, 1.54) is 11.0 Å². The van der Waals surface area contributed by atoms with Crippen LogP contribution in [0.1, 0.15) is 89.8 Å². The van der Waals surface area contributed by atoms with Crippen molar-refractivity contribution in [2.75, 3.05) is 13.1 Å². The molecule has 0 radical (unpaired) electrons. The molecule has 0 unspecified atom stereocenters. The molecule has 1 aromatic carbocycles. The Bertz CT molecular complexity index is 1820. The third-order valence-corrected chi connectivity index (χ3v) is 12.8. The molecule has 5 aliphatic rings. The van der Waals surface area contributed by atoms with Crippen molar-refractivity contribution in [2.24, 2.45) is 11.3 Å². The number of nitrogens with one attached hydrogen (secondary N) is 3. The topological polar surface area (TPSA) is 175 Å². The van der Waals surface area contributed by atoms with E-state index in [1.54, 1.807) is 9.80 Å². The molecule has 3 fully saturated rings. The molecule has 53 heavy (non-hydrogen) atoms. The van der Waals surface area contributed by atoms with Crippen molar-refractivity contribution in [3.63, 3.8) is 0 Å². The van der Waals surface area contributed by atoms with Gasteiger partial charge in [-0.25, -0.2) is 18.0 Å². The van der Waals surface area contributed by atoms with Gasteiger partial charge in [-0.1, -0.05) is 57.2 Å². The summed E-state index contributed by atoms with van der Waals surface area (Å²) in [6, 6.07) is 3.08. The molecule has 6 amide bonds. The van der Waals surface area contributed by atoms with Crippen molar-refractivity contribution >= 4 is 45.9 Å². The fraction of sp³-hybridized carbons (Fsp3) is 0.605. The first-order valence-corrected chi connectivity index (χ1v) is 20.1. The van der Waals surface area contributed by atoms with Gasteiger partial charge < -0.3 is 25.2 Å². The Labute approximate surface area is 311 Å². The van der Waals surface area contributed by atoms with Gasteiger partial charge in [0.15, 0.2) is 0 Å². The minimum atomic E-state index is -3.91. The Hall–Kier alpha value is -4.40. The van der Waals surface area contributed by atoms with Crippen LogP contribution in [-0.4, -0.2) is 101 Å². The van der Waals surface area contributed by atoms with Gasteiger partial charge in [0.25, 0.3) is 5.91 Å².